The van der Waals surface area contributed by atoms with Crippen molar-refractivity contribution < 1.29 is 14.3 Å². The van der Waals surface area contributed by atoms with Crippen molar-refractivity contribution in [2.24, 2.45) is 0 Å². The number of hydrogen-bond donors (Lipinski definition) is 1. The molecular formula is C28H33N3O3. The average Bonchev–Trinajstić information content (AvgIpc) is 2.89. The number of likely N-dealkylation sites (tertiary alicyclic amines) is 1. The Hall–Kier alpha value is -3.51. The number of rotatable bonds is 7. The number of esters is 1. The van der Waals surface area contributed by atoms with Gasteiger partial charge in [0.2, 0.25) is 0 Å². The molecule has 0 aliphatic carbocycles. The van der Waals surface area contributed by atoms with Gasteiger partial charge < -0.3 is 24.6 Å². The molecule has 3 aromatic carbocycles. The third-order valence-electron chi connectivity index (χ3n) is 6.64. The van der Waals surface area contributed by atoms with Gasteiger partial charge in [-0.3, -0.25) is 0 Å². The number of benzene rings is 3. The molecule has 1 heterocycles. The maximum absolute atomic E-state index is 12.2. The van der Waals surface area contributed by atoms with E-state index >= 15 is 0 Å². The molecular weight excluding hydrogens is 426 g/mol. The van der Waals surface area contributed by atoms with E-state index in [1.54, 1.807) is 13.2 Å². The number of piperidine rings is 1. The monoisotopic (exact) mass is 459 g/mol. The first-order chi connectivity index (χ1) is 16.5. The van der Waals surface area contributed by atoms with Crippen LogP contribution in [0.4, 0.5) is 22.7 Å². The summed E-state index contributed by atoms with van der Waals surface area (Å²) in [4.78, 5) is 16.8. The number of nitrogens with zero attached hydrogens (tertiary/aromatic N) is 2. The van der Waals surface area contributed by atoms with E-state index in [-0.39, 0.29) is 0 Å². The van der Waals surface area contributed by atoms with Crippen LogP contribution in [0, 0.1) is 0 Å². The van der Waals surface area contributed by atoms with Crippen LogP contribution in [-0.2, 0) is 4.74 Å². The molecule has 6 nitrogen and oxygen atoms in total. The lowest BCUT2D eigenvalue weighted by Crippen LogP contribution is -2.29. The Bertz CT molecular complexity index is 1100. The van der Waals surface area contributed by atoms with Crippen molar-refractivity contribution in [2.75, 3.05) is 51.6 Å². The van der Waals surface area contributed by atoms with Gasteiger partial charge in [-0.2, -0.15) is 0 Å². The van der Waals surface area contributed by atoms with Crippen molar-refractivity contribution in [2.45, 2.75) is 18.8 Å². The van der Waals surface area contributed by atoms with Gasteiger partial charge in [0.1, 0.15) is 5.75 Å². The molecule has 0 amide bonds. The molecule has 1 fully saturated rings. The average molecular weight is 460 g/mol. The number of methoxy groups -OCH3 is 2. The van der Waals surface area contributed by atoms with E-state index in [1.807, 2.05) is 24.3 Å². The summed E-state index contributed by atoms with van der Waals surface area (Å²) < 4.78 is 10.2. The van der Waals surface area contributed by atoms with Gasteiger partial charge in [-0.15, -0.1) is 0 Å². The first-order valence-electron chi connectivity index (χ1n) is 11.6. The zero-order valence-electron chi connectivity index (χ0n) is 20.4. The highest BCUT2D eigenvalue weighted by Gasteiger charge is 2.18. The van der Waals surface area contributed by atoms with E-state index in [9.17, 15) is 4.79 Å². The predicted octanol–water partition coefficient (Wildman–Crippen LogP) is 5.80. The quantitative estimate of drug-likeness (QED) is 0.451. The maximum atomic E-state index is 12.2. The maximum Gasteiger partial charge on any atom is 0.340 e. The van der Waals surface area contributed by atoms with Gasteiger partial charge in [0, 0.05) is 24.1 Å². The summed E-state index contributed by atoms with van der Waals surface area (Å²) in [5.41, 5.74) is 5.64. The van der Waals surface area contributed by atoms with Crippen LogP contribution in [-0.4, -0.2) is 52.3 Å². The summed E-state index contributed by atoms with van der Waals surface area (Å²) in [6.45, 7) is 2.34. The third kappa shape index (κ3) is 5.34. The lowest BCUT2D eigenvalue weighted by Gasteiger charge is -2.29. The van der Waals surface area contributed by atoms with Gasteiger partial charge >= 0.3 is 5.97 Å². The Morgan fingerprint density at radius 3 is 2.15 bits per heavy atom. The molecule has 1 saturated heterocycles. The second kappa shape index (κ2) is 10.6. The summed E-state index contributed by atoms with van der Waals surface area (Å²) >= 11 is 0. The molecule has 0 spiro atoms. The normalized spacial score (nSPS) is 14.5. The first kappa shape index (κ1) is 23.6. The summed E-state index contributed by atoms with van der Waals surface area (Å²) in [6, 6.07) is 22.4. The Kier molecular flexibility index (Phi) is 7.38. The van der Waals surface area contributed by atoms with E-state index in [2.05, 4.69) is 65.6 Å². The zero-order chi connectivity index (χ0) is 24.1. The molecule has 0 bridgehead atoms. The Balaban J connectivity index is 1.45. The molecule has 0 saturated carbocycles. The Labute approximate surface area is 202 Å². The van der Waals surface area contributed by atoms with Gasteiger partial charge in [0.15, 0.2) is 0 Å². The van der Waals surface area contributed by atoms with E-state index in [4.69, 9.17) is 9.47 Å². The second-order valence-corrected chi connectivity index (χ2v) is 8.80. The van der Waals surface area contributed by atoms with Crippen molar-refractivity contribution >= 4 is 28.7 Å². The van der Waals surface area contributed by atoms with Crippen LogP contribution in [0.25, 0.3) is 0 Å². The van der Waals surface area contributed by atoms with Gasteiger partial charge in [0.05, 0.1) is 25.5 Å². The van der Waals surface area contributed by atoms with Gasteiger partial charge in [-0.25, -0.2) is 4.79 Å². The molecule has 1 aliphatic heterocycles. The van der Waals surface area contributed by atoms with Crippen molar-refractivity contribution in [3.8, 4) is 5.75 Å². The molecule has 6 heteroatoms. The van der Waals surface area contributed by atoms with Crippen molar-refractivity contribution in [1.82, 2.24) is 4.90 Å². The number of ether oxygens (including phenoxy) is 2. The van der Waals surface area contributed by atoms with E-state index in [1.165, 1.54) is 38.6 Å². The van der Waals surface area contributed by atoms with Crippen molar-refractivity contribution in [1.29, 1.82) is 0 Å². The van der Waals surface area contributed by atoms with Gasteiger partial charge in [-0.05, 0) is 99.1 Å². The lowest BCUT2D eigenvalue weighted by atomic mass is 9.89. The van der Waals surface area contributed by atoms with Gasteiger partial charge in [-0.1, -0.05) is 12.1 Å². The van der Waals surface area contributed by atoms with E-state index < -0.39 is 5.97 Å². The highest BCUT2D eigenvalue weighted by atomic mass is 16.5. The van der Waals surface area contributed by atoms with Gasteiger partial charge in [0.25, 0.3) is 0 Å². The second-order valence-electron chi connectivity index (χ2n) is 8.80. The molecule has 4 rings (SSSR count). The topological polar surface area (TPSA) is 54.0 Å². The molecule has 1 aliphatic rings. The third-order valence-corrected chi connectivity index (χ3v) is 6.64. The van der Waals surface area contributed by atoms with E-state index in [0.717, 1.165) is 17.1 Å². The Morgan fingerprint density at radius 1 is 0.941 bits per heavy atom. The molecule has 1 N–H and O–H groups in total. The van der Waals surface area contributed by atoms with Crippen LogP contribution < -0.4 is 15.0 Å². The fourth-order valence-corrected chi connectivity index (χ4v) is 4.42. The highest BCUT2D eigenvalue weighted by Crippen LogP contribution is 2.32. The Morgan fingerprint density at radius 2 is 1.56 bits per heavy atom. The molecule has 178 valence electrons. The summed E-state index contributed by atoms with van der Waals surface area (Å²) in [7, 11) is 7.22. The van der Waals surface area contributed by atoms with E-state index in [0.29, 0.717) is 22.9 Å². The number of anilines is 4. The SMILES string of the molecule is COC(=O)c1cc(OC)ccc1Nc1ccc(N(C)c2ccc(C3CCN(C)CC3)cc2)cc1. The van der Waals surface area contributed by atoms with Crippen LogP contribution in [0.3, 0.4) is 0 Å². The molecule has 34 heavy (non-hydrogen) atoms. The smallest absolute Gasteiger partial charge is 0.340 e. The van der Waals surface area contributed by atoms with Crippen molar-refractivity contribution in [3.05, 3.63) is 77.9 Å². The fourth-order valence-electron chi connectivity index (χ4n) is 4.42. The fraction of sp³-hybridized carbons (Fsp3) is 0.321. The minimum absolute atomic E-state index is 0.415. The minimum atomic E-state index is -0.415. The zero-order valence-corrected chi connectivity index (χ0v) is 20.4. The number of nitrogens with one attached hydrogen (secondary N) is 1. The highest BCUT2D eigenvalue weighted by molar-refractivity contribution is 5.97. The van der Waals surface area contributed by atoms with Crippen LogP contribution in [0.2, 0.25) is 0 Å². The summed E-state index contributed by atoms with van der Waals surface area (Å²) in [6.07, 6.45) is 2.46. The van der Waals surface area contributed by atoms with Crippen molar-refractivity contribution in [3.63, 3.8) is 0 Å². The van der Waals surface area contributed by atoms with Crippen LogP contribution in [0.15, 0.2) is 66.7 Å². The number of carbonyl (C=O) groups excluding carboxylic acids is 1. The standard InChI is InChI=1S/C28H33N3O3/c1-30-17-15-21(16-18-30)20-5-9-23(10-6-20)31(2)24-11-7-22(8-12-24)29-27-14-13-25(33-3)19-26(27)28(32)34-4/h5-14,19,21,29H,15-18H2,1-4H3. The molecule has 0 aromatic heterocycles. The van der Waals surface area contributed by atoms with Crippen LogP contribution in [0.5, 0.6) is 5.75 Å². The molecule has 0 atom stereocenters. The molecule has 0 radical (unpaired) electrons. The summed E-state index contributed by atoms with van der Waals surface area (Å²) in [5.74, 6) is 0.847. The molecule has 0 unspecified atom stereocenters. The largest absolute Gasteiger partial charge is 0.497 e. The minimum Gasteiger partial charge on any atom is -0.497 e. The number of hydrogen-bond acceptors (Lipinski definition) is 6. The number of carbonyl (C=O) groups is 1. The summed E-state index contributed by atoms with van der Waals surface area (Å²) in [5, 5.41) is 3.31. The van der Waals surface area contributed by atoms with Crippen LogP contribution >= 0.6 is 0 Å². The predicted molar refractivity (Wildman–Crippen MR) is 138 cm³/mol. The lowest BCUT2D eigenvalue weighted by molar-refractivity contribution is 0.0601. The molecule has 3 aromatic rings. The first-order valence-corrected chi connectivity index (χ1v) is 11.6. The van der Waals surface area contributed by atoms with Crippen LogP contribution in [0.1, 0.15) is 34.7 Å².